The molecule has 0 saturated carbocycles. The van der Waals surface area contributed by atoms with Crippen LogP contribution < -0.4 is 15.6 Å². The SMILES string of the molecule is Cc1cccc(O[C@@H](C)C(=O)NNC(=O)/C=C/c2ccc(F)c(Cl)c2)c1C. The molecular weight excluding hydrogens is 371 g/mol. The fourth-order valence-electron chi connectivity index (χ4n) is 2.15. The summed E-state index contributed by atoms with van der Waals surface area (Å²) in [5, 5.41) is -0.0386. The smallest absolute Gasteiger partial charge is 0.279 e. The summed E-state index contributed by atoms with van der Waals surface area (Å²) < 4.78 is 18.7. The number of benzene rings is 2. The number of rotatable bonds is 5. The Morgan fingerprint density at radius 2 is 1.93 bits per heavy atom. The number of aryl methyl sites for hydroxylation is 1. The molecule has 142 valence electrons. The summed E-state index contributed by atoms with van der Waals surface area (Å²) in [5.74, 6) is -0.981. The minimum absolute atomic E-state index is 0.0386. The first-order valence-electron chi connectivity index (χ1n) is 8.23. The number of halogens is 2. The molecule has 0 saturated heterocycles. The highest BCUT2D eigenvalue weighted by molar-refractivity contribution is 6.30. The van der Waals surface area contributed by atoms with Gasteiger partial charge in [0.05, 0.1) is 5.02 Å². The molecule has 0 aliphatic heterocycles. The molecule has 0 heterocycles. The van der Waals surface area contributed by atoms with Gasteiger partial charge in [-0.3, -0.25) is 20.4 Å². The van der Waals surface area contributed by atoms with Crippen LogP contribution in [-0.4, -0.2) is 17.9 Å². The Morgan fingerprint density at radius 3 is 2.63 bits per heavy atom. The minimum Gasteiger partial charge on any atom is -0.481 e. The van der Waals surface area contributed by atoms with E-state index in [9.17, 15) is 14.0 Å². The summed E-state index contributed by atoms with van der Waals surface area (Å²) in [6.07, 6.45) is 1.84. The van der Waals surface area contributed by atoms with Crippen LogP contribution >= 0.6 is 11.6 Å². The Kier molecular flexibility index (Phi) is 6.96. The second-order valence-electron chi connectivity index (χ2n) is 5.94. The van der Waals surface area contributed by atoms with Crippen LogP contribution in [0.3, 0.4) is 0 Å². The van der Waals surface area contributed by atoms with Gasteiger partial charge in [-0.25, -0.2) is 4.39 Å². The van der Waals surface area contributed by atoms with E-state index >= 15 is 0 Å². The number of hydrazine groups is 1. The fraction of sp³-hybridized carbons (Fsp3) is 0.200. The Hall–Kier alpha value is -2.86. The largest absolute Gasteiger partial charge is 0.481 e. The van der Waals surface area contributed by atoms with Gasteiger partial charge in [-0.1, -0.05) is 29.8 Å². The number of amides is 2. The van der Waals surface area contributed by atoms with Crippen LogP contribution in [0.25, 0.3) is 6.08 Å². The highest BCUT2D eigenvalue weighted by atomic mass is 35.5. The van der Waals surface area contributed by atoms with Gasteiger partial charge in [0.2, 0.25) is 0 Å². The van der Waals surface area contributed by atoms with Gasteiger partial charge < -0.3 is 4.74 Å². The van der Waals surface area contributed by atoms with Gasteiger partial charge in [0.15, 0.2) is 6.10 Å². The molecule has 0 spiro atoms. The standard InChI is InChI=1S/C20H20ClFN2O3/c1-12-5-4-6-18(13(12)2)27-14(3)20(26)24-23-19(25)10-8-15-7-9-17(22)16(21)11-15/h4-11,14H,1-3H3,(H,23,25)(H,24,26)/b10-8+/t14-/m0/s1. The van der Waals surface area contributed by atoms with Crippen LogP contribution in [-0.2, 0) is 9.59 Å². The summed E-state index contributed by atoms with van der Waals surface area (Å²) >= 11 is 5.67. The maximum Gasteiger partial charge on any atom is 0.279 e. The third-order valence-corrected chi connectivity index (χ3v) is 4.20. The molecule has 2 N–H and O–H groups in total. The normalized spacial score (nSPS) is 11.9. The van der Waals surface area contributed by atoms with Crippen LogP contribution in [0.15, 0.2) is 42.5 Å². The van der Waals surface area contributed by atoms with Crippen LogP contribution in [0.1, 0.15) is 23.6 Å². The molecule has 0 aliphatic rings. The van der Waals surface area contributed by atoms with Crippen LogP contribution in [0.2, 0.25) is 5.02 Å². The Balaban J connectivity index is 1.86. The van der Waals surface area contributed by atoms with Gasteiger partial charge in [0.1, 0.15) is 11.6 Å². The lowest BCUT2D eigenvalue weighted by atomic mass is 10.1. The van der Waals surface area contributed by atoms with E-state index in [2.05, 4.69) is 10.9 Å². The molecule has 0 bridgehead atoms. The van der Waals surface area contributed by atoms with E-state index in [-0.39, 0.29) is 5.02 Å². The molecule has 0 fully saturated rings. The quantitative estimate of drug-likeness (QED) is 0.604. The Bertz CT molecular complexity index is 884. The molecule has 1 atom stereocenters. The molecule has 2 aromatic rings. The van der Waals surface area contributed by atoms with E-state index in [1.807, 2.05) is 26.0 Å². The van der Waals surface area contributed by atoms with E-state index in [1.165, 1.54) is 30.4 Å². The van der Waals surface area contributed by atoms with E-state index < -0.39 is 23.7 Å². The first-order valence-corrected chi connectivity index (χ1v) is 8.61. The van der Waals surface area contributed by atoms with Crippen molar-refractivity contribution in [3.8, 4) is 5.75 Å². The lowest BCUT2D eigenvalue weighted by Crippen LogP contribution is -2.46. The lowest BCUT2D eigenvalue weighted by Gasteiger charge is -2.17. The second kappa shape index (κ2) is 9.19. The van der Waals surface area contributed by atoms with E-state index in [0.717, 1.165) is 11.1 Å². The molecular formula is C20H20ClFN2O3. The average Bonchev–Trinajstić information content (AvgIpc) is 2.64. The third kappa shape index (κ3) is 5.82. The maximum absolute atomic E-state index is 13.1. The van der Waals surface area contributed by atoms with Crippen molar-refractivity contribution in [1.82, 2.24) is 10.9 Å². The highest BCUT2D eigenvalue weighted by Crippen LogP contribution is 2.21. The average molecular weight is 391 g/mol. The zero-order valence-electron chi connectivity index (χ0n) is 15.2. The van der Waals surface area contributed by atoms with E-state index in [4.69, 9.17) is 16.3 Å². The van der Waals surface area contributed by atoms with E-state index in [1.54, 1.807) is 13.0 Å². The van der Waals surface area contributed by atoms with Gasteiger partial charge in [-0.2, -0.15) is 0 Å². The number of ether oxygens (including phenoxy) is 1. The molecule has 27 heavy (non-hydrogen) atoms. The zero-order valence-corrected chi connectivity index (χ0v) is 15.9. The topological polar surface area (TPSA) is 67.4 Å². The molecule has 0 aliphatic carbocycles. The lowest BCUT2D eigenvalue weighted by molar-refractivity contribution is -0.131. The molecule has 5 nitrogen and oxygen atoms in total. The van der Waals surface area contributed by atoms with Crippen molar-refractivity contribution < 1.29 is 18.7 Å². The second-order valence-corrected chi connectivity index (χ2v) is 6.35. The molecule has 0 unspecified atom stereocenters. The van der Waals surface area contributed by atoms with Crippen LogP contribution in [0.4, 0.5) is 4.39 Å². The first kappa shape index (κ1) is 20.5. The zero-order chi connectivity index (χ0) is 20.0. The predicted octanol–water partition coefficient (Wildman–Crippen LogP) is 3.72. The number of hydrogen-bond donors (Lipinski definition) is 2. The van der Waals surface area contributed by atoms with E-state index in [0.29, 0.717) is 11.3 Å². The van der Waals surface area contributed by atoms with Crippen molar-refractivity contribution >= 4 is 29.5 Å². The minimum atomic E-state index is -0.800. The number of carbonyl (C=O) groups excluding carboxylic acids is 2. The van der Waals surface area contributed by atoms with Crippen molar-refractivity contribution in [2.24, 2.45) is 0 Å². The van der Waals surface area contributed by atoms with Gasteiger partial charge >= 0.3 is 0 Å². The number of hydrogen-bond acceptors (Lipinski definition) is 3. The van der Waals surface area contributed by atoms with Crippen LogP contribution in [0, 0.1) is 19.7 Å². The number of carbonyl (C=O) groups is 2. The summed E-state index contributed by atoms with van der Waals surface area (Å²) in [5.41, 5.74) is 7.10. The fourth-order valence-corrected chi connectivity index (χ4v) is 2.34. The Morgan fingerprint density at radius 1 is 1.19 bits per heavy atom. The van der Waals surface area contributed by atoms with Gasteiger partial charge in [0, 0.05) is 6.08 Å². The van der Waals surface area contributed by atoms with Crippen molar-refractivity contribution in [2.75, 3.05) is 0 Å². The number of nitrogens with one attached hydrogen (secondary N) is 2. The van der Waals surface area contributed by atoms with Crippen molar-refractivity contribution in [2.45, 2.75) is 26.9 Å². The third-order valence-electron chi connectivity index (χ3n) is 3.91. The molecule has 2 amide bonds. The molecule has 0 aromatic heterocycles. The summed E-state index contributed by atoms with van der Waals surface area (Å²) in [7, 11) is 0. The molecule has 7 heteroatoms. The maximum atomic E-state index is 13.1. The highest BCUT2D eigenvalue weighted by Gasteiger charge is 2.16. The molecule has 2 rings (SSSR count). The summed E-state index contributed by atoms with van der Waals surface area (Å²) in [4.78, 5) is 23.9. The van der Waals surface area contributed by atoms with Gasteiger partial charge in [-0.15, -0.1) is 0 Å². The van der Waals surface area contributed by atoms with Crippen molar-refractivity contribution in [1.29, 1.82) is 0 Å². The molecule has 2 aromatic carbocycles. The van der Waals surface area contributed by atoms with Gasteiger partial charge in [0.25, 0.3) is 11.8 Å². The van der Waals surface area contributed by atoms with Gasteiger partial charge in [-0.05, 0) is 61.7 Å². The Labute approximate surface area is 162 Å². The van der Waals surface area contributed by atoms with Crippen LogP contribution in [0.5, 0.6) is 5.75 Å². The summed E-state index contributed by atoms with van der Waals surface area (Å²) in [6.45, 7) is 5.44. The monoisotopic (exact) mass is 390 g/mol. The first-order chi connectivity index (χ1) is 12.8. The summed E-state index contributed by atoms with van der Waals surface area (Å²) in [6, 6.07) is 9.64. The van der Waals surface area contributed by atoms with Crippen molar-refractivity contribution in [3.05, 3.63) is 70.0 Å². The van der Waals surface area contributed by atoms with Crippen molar-refractivity contribution in [3.63, 3.8) is 0 Å². The predicted molar refractivity (Wildman–Crippen MR) is 103 cm³/mol. The molecule has 0 radical (unpaired) electrons.